The molecule has 0 saturated carbocycles. The normalized spacial score (nSPS) is 12.5. The monoisotopic (exact) mass is 273 g/mol. The van der Waals surface area contributed by atoms with Crippen molar-refractivity contribution in [3.05, 3.63) is 36.0 Å². The van der Waals surface area contributed by atoms with Crippen LogP contribution in [0.2, 0.25) is 0 Å². The van der Waals surface area contributed by atoms with Gasteiger partial charge in [-0.2, -0.15) is 0 Å². The molecule has 2 rings (SSSR count). The number of hydrogen-bond acceptors (Lipinski definition) is 2. The summed E-state index contributed by atoms with van der Waals surface area (Å²) < 4.78 is 0. The number of nitrogens with one attached hydrogen (secondary N) is 2. The van der Waals surface area contributed by atoms with E-state index in [1.165, 1.54) is 10.9 Å². The molecular weight excluding hydrogens is 250 g/mol. The summed E-state index contributed by atoms with van der Waals surface area (Å²) in [5.74, 6) is 0.0470. The molecule has 0 saturated heterocycles. The predicted octanol–water partition coefficient (Wildman–Crippen LogP) is 2.34. The topological polar surface area (TPSA) is 70.9 Å². The van der Waals surface area contributed by atoms with Gasteiger partial charge in [0.15, 0.2) is 0 Å². The van der Waals surface area contributed by atoms with Crippen LogP contribution in [0.1, 0.15) is 31.7 Å². The summed E-state index contributed by atoms with van der Waals surface area (Å²) in [5, 5.41) is 4.17. The summed E-state index contributed by atoms with van der Waals surface area (Å²) in [6.45, 7) is 2.73. The molecular formula is C16H23N3O. The number of para-hydroxylation sites is 1. The van der Waals surface area contributed by atoms with E-state index in [9.17, 15) is 4.79 Å². The Morgan fingerprint density at radius 2 is 2.20 bits per heavy atom. The van der Waals surface area contributed by atoms with Crippen LogP contribution in [0.3, 0.4) is 0 Å². The predicted molar refractivity (Wildman–Crippen MR) is 82.5 cm³/mol. The number of rotatable bonds is 7. The Bertz CT molecular complexity index is 562. The van der Waals surface area contributed by atoms with E-state index in [0.29, 0.717) is 13.0 Å². The molecule has 1 atom stereocenters. The van der Waals surface area contributed by atoms with Gasteiger partial charge >= 0.3 is 0 Å². The third-order valence-electron chi connectivity index (χ3n) is 3.50. The second kappa shape index (κ2) is 7.10. The van der Waals surface area contributed by atoms with Gasteiger partial charge in [-0.15, -0.1) is 0 Å². The van der Waals surface area contributed by atoms with Gasteiger partial charge in [-0.3, -0.25) is 4.79 Å². The third-order valence-corrected chi connectivity index (χ3v) is 3.50. The van der Waals surface area contributed by atoms with Crippen LogP contribution >= 0.6 is 0 Å². The average molecular weight is 273 g/mol. The van der Waals surface area contributed by atoms with E-state index in [2.05, 4.69) is 29.4 Å². The molecule has 0 fully saturated rings. The molecule has 1 aromatic heterocycles. The average Bonchev–Trinajstić information content (AvgIpc) is 2.82. The maximum absolute atomic E-state index is 11.7. The van der Waals surface area contributed by atoms with E-state index in [-0.39, 0.29) is 11.9 Å². The molecule has 4 heteroatoms. The molecule has 4 nitrogen and oxygen atoms in total. The van der Waals surface area contributed by atoms with Crippen molar-refractivity contribution in [1.29, 1.82) is 0 Å². The molecule has 1 amide bonds. The van der Waals surface area contributed by atoms with Gasteiger partial charge in [0.05, 0.1) is 0 Å². The molecule has 20 heavy (non-hydrogen) atoms. The highest BCUT2D eigenvalue weighted by atomic mass is 16.1. The molecule has 0 spiro atoms. The van der Waals surface area contributed by atoms with E-state index < -0.39 is 0 Å². The van der Waals surface area contributed by atoms with Crippen LogP contribution in [0.4, 0.5) is 0 Å². The Morgan fingerprint density at radius 3 is 3.00 bits per heavy atom. The molecule has 1 aromatic carbocycles. The van der Waals surface area contributed by atoms with Crippen molar-refractivity contribution >= 4 is 16.8 Å². The van der Waals surface area contributed by atoms with Crippen molar-refractivity contribution in [2.45, 2.75) is 38.6 Å². The summed E-state index contributed by atoms with van der Waals surface area (Å²) >= 11 is 0. The maximum atomic E-state index is 11.7. The maximum Gasteiger partial charge on any atom is 0.221 e. The Labute approximate surface area is 119 Å². The Hall–Kier alpha value is -1.81. The van der Waals surface area contributed by atoms with Gasteiger partial charge in [-0.05, 0) is 24.5 Å². The van der Waals surface area contributed by atoms with Gasteiger partial charge in [-0.1, -0.05) is 31.5 Å². The Balaban J connectivity index is 1.80. The molecule has 0 aliphatic heterocycles. The zero-order valence-corrected chi connectivity index (χ0v) is 12.0. The minimum absolute atomic E-state index is 0.0203. The SMILES string of the molecule is CCCC(N)CC(=O)NCCc1c[nH]c2ccccc12. The lowest BCUT2D eigenvalue weighted by molar-refractivity contribution is -0.121. The number of carbonyl (C=O) groups excluding carboxylic acids is 1. The fourth-order valence-corrected chi connectivity index (χ4v) is 2.46. The number of aromatic amines is 1. The van der Waals surface area contributed by atoms with E-state index >= 15 is 0 Å². The number of H-pyrrole nitrogens is 1. The molecule has 4 N–H and O–H groups in total. The van der Waals surface area contributed by atoms with Crippen molar-refractivity contribution in [1.82, 2.24) is 10.3 Å². The van der Waals surface area contributed by atoms with Crippen LogP contribution in [0.5, 0.6) is 0 Å². The number of benzene rings is 1. The van der Waals surface area contributed by atoms with Crippen molar-refractivity contribution in [3.8, 4) is 0 Å². The standard InChI is InChI=1S/C16H23N3O/c1-2-5-13(17)10-16(20)18-9-8-12-11-19-15-7-4-3-6-14(12)15/h3-4,6-7,11,13,19H,2,5,8-10,17H2,1H3,(H,18,20). The van der Waals surface area contributed by atoms with E-state index in [1.54, 1.807) is 0 Å². The lowest BCUT2D eigenvalue weighted by Crippen LogP contribution is -2.32. The fraction of sp³-hybridized carbons (Fsp3) is 0.438. The smallest absolute Gasteiger partial charge is 0.221 e. The molecule has 0 bridgehead atoms. The van der Waals surface area contributed by atoms with Gasteiger partial charge in [0.2, 0.25) is 5.91 Å². The minimum Gasteiger partial charge on any atom is -0.361 e. The second-order valence-electron chi connectivity index (χ2n) is 5.21. The number of aromatic nitrogens is 1. The number of amides is 1. The van der Waals surface area contributed by atoms with E-state index in [1.807, 2.05) is 18.3 Å². The molecule has 0 aliphatic carbocycles. The molecule has 0 aliphatic rings. The first kappa shape index (κ1) is 14.6. The fourth-order valence-electron chi connectivity index (χ4n) is 2.46. The molecule has 0 radical (unpaired) electrons. The summed E-state index contributed by atoms with van der Waals surface area (Å²) in [6.07, 6.45) is 5.18. The van der Waals surface area contributed by atoms with Gasteiger partial charge in [0, 0.05) is 36.1 Å². The zero-order chi connectivity index (χ0) is 14.4. The Morgan fingerprint density at radius 1 is 1.40 bits per heavy atom. The van der Waals surface area contributed by atoms with Gasteiger partial charge in [0.1, 0.15) is 0 Å². The highest BCUT2D eigenvalue weighted by Gasteiger charge is 2.08. The molecule has 1 unspecified atom stereocenters. The van der Waals surface area contributed by atoms with Crippen molar-refractivity contribution in [3.63, 3.8) is 0 Å². The number of hydrogen-bond donors (Lipinski definition) is 3. The van der Waals surface area contributed by atoms with Crippen molar-refractivity contribution in [2.24, 2.45) is 5.73 Å². The number of carbonyl (C=O) groups is 1. The van der Waals surface area contributed by atoms with Crippen molar-refractivity contribution < 1.29 is 4.79 Å². The largest absolute Gasteiger partial charge is 0.361 e. The molecule has 2 aromatic rings. The highest BCUT2D eigenvalue weighted by Crippen LogP contribution is 2.17. The van der Waals surface area contributed by atoms with Crippen LogP contribution in [-0.4, -0.2) is 23.5 Å². The first-order chi connectivity index (χ1) is 9.70. The summed E-state index contributed by atoms with van der Waals surface area (Å²) in [7, 11) is 0. The third kappa shape index (κ3) is 3.84. The lowest BCUT2D eigenvalue weighted by Gasteiger charge is -2.10. The molecule has 1 heterocycles. The summed E-state index contributed by atoms with van der Waals surface area (Å²) in [5.41, 5.74) is 8.23. The van der Waals surface area contributed by atoms with Crippen LogP contribution in [-0.2, 0) is 11.2 Å². The quantitative estimate of drug-likeness (QED) is 0.724. The summed E-state index contributed by atoms with van der Waals surface area (Å²) in [6, 6.07) is 8.18. The van der Waals surface area contributed by atoms with Gasteiger partial charge < -0.3 is 16.0 Å². The lowest BCUT2D eigenvalue weighted by atomic mass is 10.1. The highest BCUT2D eigenvalue weighted by molar-refractivity contribution is 5.83. The first-order valence-corrected chi connectivity index (χ1v) is 7.28. The minimum atomic E-state index is -0.0203. The second-order valence-corrected chi connectivity index (χ2v) is 5.21. The summed E-state index contributed by atoms with van der Waals surface area (Å²) in [4.78, 5) is 15.0. The van der Waals surface area contributed by atoms with Gasteiger partial charge in [0.25, 0.3) is 0 Å². The Kier molecular flexibility index (Phi) is 5.18. The van der Waals surface area contributed by atoms with E-state index in [0.717, 1.165) is 24.8 Å². The zero-order valence-electron chi connectivity index (χ0n) is 12.0. The van der Waals surface area contributed by atoms with Crippen LogP contribution in [0.15, 0.2) is 30.5 Å². The van der Waals surface area contributed by atoms with Gasteiger partial charge in [-0.25, -0.2) is 0 Å². The van der Waals surface area contributed by atoms with Crippen LogP contribution in [0.25, 0.3) is 10.9 Å². The van der Waals surface area contributed by atoms with E-state index in [4.69, 9.17) is 5.73 Å². The van der Waals surface area contributed by atoms with Crippen molar-refractivity contribution in [2.75, 3.05) is 6.54 Å². The van der Waals surface area contributed by atoms with Crippen LogP contribution in [0, 0.1) is 0 Å². The number of nitrogens with two attached hydrogens (primary N) is 1. The van der Waals surface area contributed by atoms with Crippen LogP contribution < -0.4 is 11.1 Å². The number of fused-ring (bicyclic) bond motifs is 1. The first-order valence-electron chi connectivity index (χ1n) is 7.28. The molecule has 108 valence electrons.